The highest BCUT2D eigenvalue weighted by atomic mass is 32.2. The van der Waals surface area contributed by atoms with Crippen LogP contribution < -0.4 is 0 Å². The van der Waals surface area contributed by atoms with Crippen molar-refractivity contribution < 1.29 is 38.9 Å². The van der Waals surface area contributed by atoms with Crippen LogP contribution in [-0.2, 0) is 14.3 Å². The average molecular weight is 232 g/mol. The molecule has 0 fully saturated rings. The maximum Gasteiger partial charge on any atom is 0.537 e. The Morgan fingerprint density at radius 1 is 1.00 bits per heavy atom. The minimum absolute atomic E-state index is 2.25. The van der Waals surface area contributed by atoms with E-state index >= 15 is 0 Å². The van der Waals surface area contributed by atoms with E-state index in [9.17, 15) is 34.8 Å². The van der Waals surface area contributed by atoms with Crippen molar-refractivity contribution in [3.63, 3.8) is 0 Å². The van der Waals surface area contributed by atoms with Crippen molar-refractivity contribution in [3.8, 4) is 0 Å². The summed E-state index contributed by atoms with van der Waals surface area (Å²) in [5.41, 5.74) is 0. The Balaban J connectivity index is 4.46. The quantitative estimate of drug-likeness (QED) is 0.534. The van der Waals surface area contributed by atoms with Crippen molar-refractivity contribution in [2.45, 2.75) is 12.5 Å². The zero-order valence-electron chi connectivity index (χ0n) is 5.61. The zero-order valence-corrected chi connectivity index (χ0v) is 6.42. The van der Waals surface area contributed by atoms with Gasteiger partial charge in [-0.1, -0.05) is 0 Å². The molecule has 0 saturated carbocycles. The van der Waals surface area contributed by atoms with Crippen molar-refractivity contribution in [2.24, 2.45) is 0 Å². The Morgan fingerprint density at radius 2 is 1.38 bits per heavy atom. The predicted molar refractivity (Wildman–Crippen MR) is 27.0 cm³/mol. The van der Waals surface area contributed by atoms with Gasteiger partial charge < -0.3 is 0 Å². The molecule has 0 aliphatic rings. The molecule has 10 heteroatoms. The molecule has 0 amide bonds. The van der Waals surface area contributed by atoms with Crippen LogP contribution in [0.3, 0.4) is 0 Å². The molecular formula is C3H2F6O3S. The van der Waals surface area contributed by atoms with E-state index < -0.39 is 28.4 Å². The lowest BCUT2D eigenvalue weighted by atomic mass is 10.8. The summed E-state index contributed by atoms with van der Waals surface area (Å²) in [5, 5.41) is 0. The summed E-state index contributed by atoms with van der Waals surface area (Å²) in [6.45, 7) is 0. The minimum atomic E-state index is -5.65. The standard InChI is InChI=1S/C3H2F6O3S/c4-2(5,6)1-13(10,11)12-3(7,8)9/h1H2. The second kappa shape index (κ2) is 3.33. The zero-order chi connectivity index (χ0) is 10.9. The Bertz CT molecular complexity index is 238. The smallest absolute Gasteiger partial charge is 0.199 e. The van der Waals surface area contributed by atoms with E-state index in [2.05, 4.69) is 4.18 Å². The van der Waals surface area contributed by atoms with Crippen molar-refractivity contribution in [1.29, 1.82) is 0 Å². The van der Waals surface area contributed by atoms with Crippen LogP contribution in [0.5, 0.6) is 0 Å². The van der Waals surface area contributed by atoms with Gasteiger partial charge in [0, 0.05) is 0 Å². The maximum absolute atomic E-state index is 11.3. The first kappa shape index (κ1) is 12.5. The topological polar surface area (TPSA) is 43.4 Å². The molecule has 0 aromatic carbocycles. The first-order valence-corrected chi connectivity index (χ1v) is 4.06. The molecule has 0 saturated heterocycles. The molecule has 0 unspecified atom stereocenters. The second-order valence-corrected chi connectivity index (χ2v) is 3.42. The predicted octanol–water partition coefficient (Wildman–Crippen LogP) is 1.41. The van der Waals surface area contributed by atoms with Crippen molar-refractivity contribution >= 4 is 10.1 Å². The van der Waals surface area contributed by atoms with Crippen LogP contribution in [0.4, 0.5) is 26.3 Å². The molecule has 13 heavy (non-hydrogen) atoms. The Kier molecular flexibility index (Phi) is 3.20. The molecule has 80 valence electrons. The minimum Gasteiger partial charge on any atom is -0.199 e. The molecule has 0 aromatic rings. The highest BCUT2D eigenvalue weighted by Crippen LogP contribution is 2.24. The van der Waals surface area contributed by atoms with Crippen LogP contribution >= 0.6 is 0 Å². The van der Waals surface area contributed by atoms with Crippen LogP contribution in [-0.4, -0.2) is 26.7 Å². The maximum atomic E-state index is 11.3. The lowest BCUT2D eigenvalue weighted by Gasteiger charge is -2.09. The summed E-state index contributed by atoms with van der Waals surface area (Å²) in [4.78, 5) is 0. The fourth-order valence-corrected chi connectivity index (χ4v) is 1.12. The third-order valence-electron chi connectivity index (χ3n) is 0.562. The molecule has 0 radical (unpaired) electrons. The first-order chi connectivity index (χ1) is 5.41. The molecule has 0 atom stereocenters. The molecule has 0 aliphatic heterocycles. The molecule has 3 nitrogen and oxygen atoms in total. The van der Waals surface area contributed by atoms with Crippen LogP contribution in [0.25, 0.3) is 0 Å². The summed E-state index contributed by atoms with van der Waals surface area (Å²) in [5.74, 6) is -2.67. The third-order valence-corrected chi connectivity index (χ3v) is 1.69. The fraction of sp³-hybridized carbons (Fsp3) is 1.00. The SMILES string of the molecule is O=S(=O)(CC(F)(F)F)OC(F)(F)F. The van der Waals surface area contributed by atoms with Crippen LogP contribution in [0, 0.1) is 0 Å². The van der Waals surface area contributed by atoms with E-state index in [4.69, 9.17) is 0 Å². The van der Waals surface area contributed by atoms with E-state index in [1.807, 2.05) is 0 Å². The van der Waals surface area contributed by atoms with Gasteiger partial charge >= 0.3 is 12.5 Å². The summed E-state index contributed by atoms with van der Waals surface area (Å²) in [7, 11) is -5.65. The van der Waals surface area contributed by atoms with Gasteiger partial charge in [0.2, 0.25) is 0 Å². The van der Waals surface area contributed by atoms with E-state index in [0.717, 1.165) is 0 Å². The van der Waals surface area contributed by atoms with Gasteiger partial charge in [-0.25, -0.2) is 0 Å². The summed E-state index contributed by atoms with van der Waals surface area (Å²) < 4.78 is 89.6. The number of hydrogen-bond donors (Lipinski definition) is 0. The average Bonchev–Trinajstić information content (AvgIpc) is 1.43. The first-order valence-electron chi connectivity index (χ1n) is 2.48. The lowest BCUT2D eigenvalue weighted by molar-refractivity contribution is -0.272. The largest absolute Gasteiger partial charge is 0.537 e. The molecule has 0 heterocycles. The fourth-order valence-electron chi connectivity index (χ4n) is 0.374. The monoisotopic (exact) mass is 232 g/mol. The van der Waals surface area contributed by atoms with E-state index in [1.54, 1.807) is 0 Å². The molecule has 0 aromatic heterocycles. The number of hydrogen-bond acceptors (Lipinski definition) is 3. The van der Waals surface area contributed by atoms with Gasteiger partial charge in [-0.15, -0.1) is 13.2 Å². The molecule has 0 spiro atoms. The summed E-state index contributed by atoms with van der Waals surface area (Å²) in [6, 6.07) is 0. The van der Waals surface area contributed by atoms with Gasteiger partial charge in [-0.3, -0.25) is 0 Å². The summed E-state index contributed by atoms with van der Waals surface area (Å²) in [6.07, 6.45) is -10.9. The highest BCUT2D eigenvalue weighted by molar-refractivity contribution is 7.86. The van der Waals surface area contributed by atoms with Gasteiger partial charge in [0.1, 0.15) is 0 Å². The highest BCUT2D eigenvalue weighted by Gasteiger charge is 2.43. The third kappa shape index (κ3) is 7.84. The molecular weight excluding hydrogens is 230 g/mol. The Hall–Kier alpha value is -0.510. The van der Waals surface area contributed by atoms with Gasteiger partial charge in [0.05, 0.1) is 0 Å². The normalized spacial score (nSPS) is 14.6. The van der Waals surface area contributed by atoms with Crippen LogP contribution in [0.15, 0.2) is 0 Å². The van der Waals surface area contributed by atoms with Crippen LogP contribution in [0.2, 0.25) is 0 Å². The van der Waals surface area contributed by atoms with Gasteiger partial charge in [-0.2, -0.15) is 25.8 Å². The number of rotatable bonds is 2. The van der Waals surface area contributed by atoms with Crippen molar-refractivity contribution in [3.05, 3.63) is 0 Å². The summed E-state index contributed by atoms with van der Waals surface area (Å²) >= 11 is 0. The molecule has 0 aliphatic carbocycles. The molecule has 0 bridgehead atoms. The lowest BCUT2D eigenvalue weighted by Crippen LogP contribution is -2.29. The van der Waals surface area contributed by atoms with Crippen molar-refractivity contribution in [1.82, 2.24) is 0 Å². The van der Waals surface area contributed by atoms with Crippen LogP contribution in [0.1, 0.15) is 0 Å². The Labute approximate surface area is 68.4 Å². The van der Waals surface area contributed by atoms with Crippen molar-refractivity contribution in [2.75, 3.05) is 5.75 Å². The van der Waals surface area contributed by atoms with Gasteiger partial charge in [0.25, 0.3) is 10.1 Å². The number of alkyl halides is 6. The van der Waals surface area contributed by atoms with E-state index in [1.165, 1.54) is 0 Å². The second-order valence-electron chi connectivity index (χ2n) is 1.85. The van der Waals surface area contributed by atoms with Gasteiger partial charge in [0.15, 0.2) is 5.75 Å². The van der Waals surface area contributed by atoms with E-state index in [0.29, 0.717) is 0 Å². The molecule has 0 N–H and O–H groups in total. The van der Waals surface area contributed by atoms with Gasteiger partial charge in [-0.05, 0) is 0 Å². The Morgan fingerprint density at radius 3 is 1.62 bits per heavy atom. The molecule has 0 rings (SSSR count). The number of halogens is 6. The van der Waals surface area contributed by atoms with E-state index in [-0.39, 0.29) is 0 Å².